The molecule has 2 aliphatic heterocycles. The van der Waals surface area contributed by atoms with Crippen molar-refractivity contribution in [1.29, 1.82) is 5.26 Å². The molecule has 1 spiro atoms. The minimum absolute atomic E-state index is 0.133. The third kappa shape index (κ3) is 4.55. The number of ketones is 1. The van der Waals surface area contributed by atoms with E-state index >= 15 is 0 Å². The van der Waals surface area contributed by atoms with Gasteiger partial charge in [-0.3, -0.25) is 4.79 Å². The number of hydrogen-bond acceptors (Lipinski definition) is 7. The predicted octanol–water partition coefficient (Wildman–Crippen LogP) is 4.76. The van der Waals surface area contributed by atoms with Crippen molar-refractivity contribution >= 4 is 27.5 Å². The van der Waals surface area contributed by atoms with Crippen LogP contribution in [-0.2, 0) is 19.3 Å². The molecule has 0 N–H and O–H groups in total. The van der Waals surface area contributed by atoms with E-state index in [-0.39, 0.29) is 5.78 Å². The first-order valence-electron chi connectivity index (χ1n) is 13.6. The van der Waals surface area contributed by atoms with Crippen molar-refractivity contribution in [3.8, 4) is 12.1 Å². The van der Waals surface area contributed by atoms with Crippen LogP contribution in [0.5, 0.6) is 6.01 Å². The van der Waals surface area contributed by atoms with E-state index < -0.39 is 5.41 Å². The van der Waals surface area contributed by atoms with Crippen LogP contribution in [0.1, 0.15) is 65.7 Å². The average Bonchev–Trinajstić information content (AvgIpc) is 3.49. The first-order chi connectivity index (χ1) is 18.0. The Morgan fingerprint density at radius 2 is 2.05 bits per heavy atom. The second kappa shape index (κ2) is 9.99. The van der Waals surface area contributed by atoms with Crippen molar-refractivity contribution in [3.63, 3.8) is 0 Å². The van der Waals surface area contributed by atoms with Gasteiger partial charge in [-0.05, 0) is 88.1 Å². The Morgan fingerprint density at radius 1 is 1.19 bits per heavy atom. The molecule has 4 aliphatic rings. The van der Waals surface area contributed by atoms with Crippen LogP contribution in [0.3, 0.4) is 0 Å². The Morgan fingerprint density at radius 3 is 2.84 bits per heavy atom. The quantitative estimate of drug-likeness (QED) is 0.518. The number of carbonyl (C=O) groups excluding carboxylic acids is 1. The molecule has 3 heterocycles. The van der Waals surface area contributed by atoms with Crippen LogP contribution in [0.15, 0.2) is 22.7 Å². The van der Waals surface area contributed by atoms with Gasteiger partial charge < -0.3 is 14.5 Å². The third-order valence-electron chi connectivity index (χ3n) is 9.05. The number of nitriles is 1. The molecule has 37 heavy (non-hydrogen) atoms. The molecule has 1 aromatic heterocycles. The first-order valence-corrected chi connectivity index (χ1v) is 14.4. The number of aromatic nitrogens is 2. The van der Waals surface area contributed by atoms with Gasteiger partial charge in [0, 0.05) is 41.0 Å². The van der Waals surface area contributed by atoms with E-state index in [9.17, 15) is 10.1 Å². The van der Waals surface area contributed by atoms with Crippen molar-refractivity contribution in [2.24, 2.45) is 11.3 Å². The number of anilines is 1. The van der Waals surface area contributed by atoms with Crippen molar-refractivity contribution in [3.05, 3.63) is 45.1 Å². The van der Waals surface area contributed by atoms with Gasteiger partial charge in [-0.15, -0.1) is 0 Å². The maximum atomic E-state index is 14.3. The second-order valence-electron chi connectivity index (χ2n) is 11.4. The number of carbonyl (C=O) groups is 1. The van der Waals surface area contributed by atoms with Crippen LogP contribution in [0.2, 0.25) is 0 Å². The number of fused-ring (bicyclic) bond motifs is 2. The molecule has 194 valence electrons. The Kier molecular flexibility index (Phi) is 6.70. The minimum Gasteiger partial charge on any atom is -0.462 e. The number of rotatable bonds is 5. The van der Waals surface area contributed by atoms with Gasteiger partial charge >= 0.3 is 6.01 Å². The van der Waals surface area contributed by atoms with Crippen LogP contribution >= 0.6 is 15.9 Å². The van der Waals surface area contributed by atoms with E-state index in [4.69, 9.17) is 14.7 Å². The summed E-state index contributed by atoms with van der Waals surface area (Å²) in [6.45, 7) is 3.28. The number of ether oxygens (including phenoxy) is 1. The van der Waals surface area contributed by atoms with Crippen molar-refractivity contribution in [1.82, 2.24) is 14.9 Å². The highest BCUT2D eigenvalue weighted by atomic mass is 79.9. The molecule has 0 radical (unpaired) electrons. The topological polar surface area (TPSA) is 82.3 Å². The lowest BCUT2D eigenvalue weighted by Crippen LogP contribution is -2.41. The van der Waals surface area contributed by atoms with E-state index in [1.807, 2.05) is 0 Å². The summed E-state index contributed by atoms with van der Waals surface area (Å²) >= 11 is 3.71. The van der Waals surface area contributed by atoms with Gasteiger partial charge in [0.05, 0.1) is 6.07 Å². The molecule has 2 aliphatic carbocycles. The summed E-state index contributed by atoms with van der Waals surface area (Å²) < 4.78 is 7.30. The maximum absolute atomic E-state index is 14.3. The van der Waals surface area contributed by atoms with Gasteiger partial charge in [0.1, 0.15) is 18.1 Å². The Labute approximate surface area is 227 Å². The van der Waals surface area contributed by atoms with E-state index in [1.54, 1.807) is 0 Å². The van der Waals surface area contributed by atoms with Gasteiger partial charge in [-0.2, -0.15) is 15.2 Å². The monoisotopic (exact) mass is 563 g/mol. The summed E-state index contributed by atoms with van der Waals surface area (Å²) in [6.07, 6.45) is 8.01. The highest BCUT2D eigenvalue weighted by Crippen LogP contribution is 2.49. The highest BCUT2D eigenvalue weighted by molar-refractivity contribution is 9.10. The van der Waals surface area contributed by atoms with Crippen molar-refractivity contribution < 1.29 is 9.53 Å². The number of nitrogens with zero attached hydrogens (tertiary/aromatic N) is 5. The molecule has 2 saturated heterocycles. The third-order valence-corrected chi connectivity index (χ3v) is 9.79. The fourth-order valence-corrected chi connectivity index (χ4v) is 7.46. The molecule has 2 fully saturated rings. The van der Waals surface area contributed by atoms with Gasteiger partial charge in [0.2, 0.25) is 0 Å². The largest absolute Gasteiger partial charge is 0.462 e. The molecular formula is C29H34BrN5O2. The number of Topliss-reactive ketones (excluding diaryl/α,β-unsaturated/α-hetero) is 1. The summed E-state index contributed by atoms with van der Waals surface area (Å²) in [5.41, 5.74) is 3.59. The number of likely N-dealkylation sites (N-methyl/N-ethyl adjacent to an activating group) is 1. The van der Waals surface area contributed by atoms with Crippen LogP contribution < -0.4 is 9.64 Å². The summed E-state index contributed by atoms with van der Waals surface area (Å²) in [6, 6.07) is 9.29. The molecule has 6 rings (SSSR count). The SMILES string of the molecule is CN1CCC[C@H]1COc1nc2c(c(N3CCC[C@@H](CC#N)C3)n1)CCC1(Cc3cccc(Br)c3C1)C2=O. The standard InChI is InChI=1S/C29H34BrN5O2/c1-34-13-4-7-21(34)18-37-28-32-25-22(27(33-28)35-14-3-5-19(17-35)10-12-31)9-11-29(26(25)36)15-20-6-2-8-24(30)23(20)16-29/h2,6,8,19,21H,3-5,7,9-11,13-18H2,1H3/t19-,21-,29?/m0/s1. The Balaban J connectivity index is 1.35. The summed E-state index contributed by atoms with van der Waals surface area (Å²) in [5, 5.41) is 9.29. The maximum Gasteiger partial charge on any atom is 0.319 e. The number of piperidine rings is 1. The van der Waals surface area contributed by atoms with Crippen LogP contribution in [0.25, 0.3) is 0 Å². The van der Waals surface area contributed by atoms with E-state index in [2.05, 4.69) is 57.0 Å². The Hall–Kier alpha value is -2.50. The Bertz CT molecular complexity index is 1260. The van der Waals surface area contributed by atoms with Gasteiger partial charge in [0.25, 0.3) is 0 Å². The predicted molar refractivity (Wildman–Crippen MR) is 145 cm³/mol. The number of benzene rings is 1. The minimum atomic E-state index is -0.445. The average molecular weight is 565 g/mol. The van der Waals surface area contributed by atoms with Gasteiger partial charge in [-0.25, -0.2) is 0 Å². The molecule has 1 aromatic carbocycles. The molecule has 3 atom stereocenters. The number of hydrogen-bond donors (Lipinski definition) is 0. The number of halogens is 1. The summed E-state index contributed by atoms with van der Waals surface area (Å²) in [4.78, 5) is 28.6. The molecular weight excluding hydrogens is 530 g/mol. The summed E-state index contributed by atoms with van der Waals surface area (Å²) in [5.74, 6) is 1.31. The molecule has 8 heteroatoms. The van der Waals surface area contributed by atoms with Crippen LogP contribution in [-0.4, -0.2) is 60.0 Å². The van der Waals surface area contributed by atoms with Crippen molar-refractivity contribution in [2.75, 3.05) is 38.2 Å². The smallest absolute Gasteiger partial charge is 0.319 e. The van der Waals surface area contributed by atoms with E-state index in [0.717, 1.165) is 80.4 Å². The number of likely N-dealkylation sites (tertiary alicyclic amines) is 1. The fraction of sp³-hybridized carbons (Fsp3) is 0.586. The van der Waals surface area contributed by atoms with Crippen LogP contribution in [0, 0.1) is 22.7 Å². The fourth-order valence-electron chi connectivity index (χ4n) is 6.91. The normalized spacial score (nSPS) is 27.3. The molecule has 0 amide bonds. The zero-order chi connectivity index (χ0) is 25.6. The first kappa shape index (κ1) is 24.8. The molecule has 1 unspecified atom stereocenters. The lowest BCUT2D eigenvalue weighted by Gasteiger charge is -2.37. The van der Waals surface area contributed by atoms with Gasteiger partial charge in [0.15, 0.2) is 5.78 Å². The zero-order valence-electron chi connectivity index (χ0n) is 21.5. The van der Waals surface area contributed by atoms with E-state index in [0.29, 0.717) is 36.7 Å². The van der Waals surface area contributed by atoms with Crippen molar-refractivity contribution in [2.45, 2.75) is 63.8 Å². The van der Waals surface area contributed by atoms with Gasteiger partial charge in [-0.1, -0.05) is 28.1 Å². The summed E-state index contributed by atoms with van der Waals surface area (Å²) in [7, 11) is 2.13. The second-order valence-corrected chi connectivity index (χ2v) is 12.3. The molecule has 2 aromatic rings. The van der Waals surface area contributed by atoms with E-state index in [1.165, 1.54) is 17.5 Å². The zero-order valence-corrected chi connectivity index (χ0v) is 23.1. The molecule has 0 bridgehead atoms. The lowest BCUT2D eigenvalue weighted by atomic mass is 9.70. The highest BCUT2D eigenvalue weighted by Gasteiger charge is 2.49. The van der Waals surface area contributed by atoms with Crippen LogP contribution in [0.4, 0.5) is 5.82 Å². The molecule has 7 nitrogen and oxygen atoms in total. The molecule has 0 saturated carbocycles. The lowest BCUT2D eigenvalue weighted by molar-refractivity contribution is 0.0761.